The van der Waals surface area contributed by atoms with Gasteiger partial charge in [-0.3, -0.25) is 10.1 Å². The van der Waals surface area contributed by atoms with Gasteiger partial charge in [-0.25, -0.2) is 9.80 Å². The van der Waals surface area contributed by atoms with Crippen molar-refractivity contribution in [1.82, 2.24) is 5.01 Å². The second kappa shape index (κ2) is 6.18. The average molecular weight is 275 g/mol. The molecule has 0 saturated carbocycles. The Morgan fingerprint density at radius 1 is 1.40 bits per heavy atom. The molecule has 6 nitrogen and oxygen atoms in total. The molecule has 0 spiro atoms. The maximum Gasteiger partial charge on any atom is 0.411 e. The molecule has 1 aromatic carbocycles. The fourth-order valence-corrected chi connectivity index (χ4v) is 2.04. The molecule has 2 amide bonds. The number of carbonyl (C=O) groups excluding carboxylic acids is 2. The van der Waals surface area contributed by atoms with Gasteiger partial charge in [0.05, 0.1) is 12.5 Å². The summed E-state index contributed by atoms with van der Waals surface area (Å²) in [5.74, 6) is -0.348. The lowest BCUT2D eigenvalue weighted by molar-refractivity contribution is -0.130. The molecule has 0 saturated heterocycles. The van der Waals surface area contributed by atoms with Crippen molar-refractivity contribution in [2.75, 3.05) is 19.0 Å². The summed E-state index contributed by atoms with van der Waals surface area (Å²) in [4.78, 5) is 23.3. The highest BCUT2D eigenvalue weighted by atomic mass is 16.5. The van der Waals surface area contributed by atoms with Gasteiger partial charge >= 0.3 is 6.09 Å². The van der Waals surface area contributed by atoms with Gasteiger partial charge < -0.3 is 4.74 Å². The Hall–Kier alpha value is -2.37. The Morgan fingerprint density at radius 3 is 2.70 bits per heavy atom. The Morgan fingerprint density at radius 2 is 2.10 bits per heavy atom. The molecule has 1 atom stereocenters. The minimum absolute atomic E-state index is 0.0606. The van der Waals surface area contributed by atoms with Gasteiger partial charge in [0, 0.05) is 18.4 Å². The van der Waals surface area contributed by atoms with Crippen LogP contribution in [0.3, 0.4) is 0 Å². The van der Waals surface area contributed by atoms with Crippen LogP contribution in [0.4, 0.5) is 10.5 Å². The molecule has 0 aromatic heterocycles. The highest BCUT2D eigenvalue weighted by molar-refractivity contribution is 6.06. The topological polar surface area (TPSA) is 71.0 Å². The van der Waals surface area contributed by atoms with E-state index in [9.17, 15) is 9.59 Å². The fourth-order valence-electron chi connectivity index (χ4n) is 2.04. The zero-order chi connectivity index (χ0) is 14.5. The summed E-state index contributed by atoms with van der Waals surface area (Å²) < 4.78 is 5.06. The lowest BCUT2D eigenvalue weighted by atomic mass is 10.0. The number of hydrogen-bond donors (Lipinski definition) is 1. The SMILES string of the molecule is CC1=NN(C)C(=O)[C@@H]1CCOC(=O)Nc1ccccc1. The molecule has 0 aliphatic carbocycles. The van der Waals surface area contributed by atoms with E-state index in [1.807, 2.05) is 18.2 Å². The molecule has 1 aliphatic rings. The van der Waals surface area contributed by atoms with E-state index >= 15 is 0 Å². The van der Waals surface area contributed by atoms with Crippen LogP contribution in [-0.4, -0.2) is 36.4 Å². The summed E-state index contributed by atoms with van der Waals surface area (Å²) >= 11 is 0. The molecule has 1 N–H and O–H groups in total. The van der Waals surface area contributed by atoms with E-state index in [0.717, 1.165) is 5.71 Å². The summed E-state index contributed by atoms with van der Waals surface area (Å²) in [5, 5.41) is 8.00. The van der Waals surface area contributed by atoms with E-state index in [4.69, 9.17) is 4.74 Å². The van der Waals surface area contributed by atoms with Crippen LogP contribution in [0.5, 0.6) is 0 Å². The molecule has 106 valence electrons. The minimum Gasteiger partial charge on any atom is -0.449 e. The Balaban J connectivity index is 1.75. The largest absolute Gasteiger partial charge is 0.449 e. The maximum absolute atomic E-state index is 11.7. The summed E-state index contributed by atoms with van der Waals surface area (Å²) in [6, 6.07) is 9.05. The van der Waals surface area contributed by atoms with Gasteiger partial charge in [0.25, 0.3) is 5.91 Å². The molecular weight excluding hydrogens is 258 g/mol. The van der Waals surface area contributed by atoms with Crippen LogP contribution in [0.1, 0.15) is 13.3 Å². The van der Waals surface area contributed by atoms with Crippen molar-refractivity contribution >= 4 is 23.4 Å². The number of para-hydroxylation sites is 1. The second-order valence-corrected chi connectivity index (χ2v) is 4.57. The molecule has 2 rings (SSSR count). The van der Waals surface area contributed by atoms with Crippen LogP contribution >= 0.6 is 0 Å². The smallest absolute Gasteiger partial charge is 0.411 e. The van der Waals surface area contributed by atoms with Crippen molar-refractivity contribution in [3.05, 3.63) is 30.3 Å². The molecule has 0 radical (unpaired) electrons. The predicted molar refractivity (Wildman–Crippen MR) is 75.4 cm³/mol. The first-order valence-corrected chi connectivity index (χ1v) is 6.39. The van der Waals surface area contributed by atoms with E-state index in [1.165, 1.54) is 5.01 Å². The van der Waals surface area contributed by atoms with Gasteiger partial charge in [-0.1, -0.05) is 18.2 Å². The van der Waals surface area contributed by atoms with Gasteiger partial charge in [0.1, 0.15) is 0 Å². The number of rotatable bonds is 4. The van der Waals surface area contributed by atoms with Crippen molar-refractivity contribution < 1.29 is 14.3 Å². The number of hydrazone groups is 1. The Kier molecular flexibility index (Phi) is 4.34. The number of hydrogen-bond acceptors (Lipinski definition) is 4. The molecule has 0 bridgehead atoms. The third-order valence-corrected chi connectivity index (χ3v) is 3.09. The van der Waals surface area contributed by atoms with Gasteiger partial charge in [-0.05, 0) is 25.5 Å². The van der Waals surface area contributed by atoms with Gasteiger partial charge in [0.15, 0.2) is 0 Å². The highest BCUT2D eigenvalue weighted by Crippen LogP contribution is 2.17. The quantitative estimate of drug-likeness (QED) is 0.914. The van der Waals surface area contributed by atoms with Gasteiger partial charge in [-0.15, -0.1) is 0 Å². The van der Waals surface area contributed by atoms with Crippen LogP contribution < -0.4 is 5.32 Å². The molecule has 1 aromatic rings. The van der Waals surface area contributed by atoms with Crippen molar-refractivity contribution in [2.45, 2.75) is 13.3 Å². The number of carbonyl (C=O) groups is 2. The van der Waals surface area contributed by atoms with Crippen molar-refractivity contribution in [3.8, 4) is 0 Å². The third kappa shape index (κ3) is 3.34. The third-order valence-electron chi connectivity index (χ3n) is 3.09. The number of benzene rings is 1. The monoisotopic (exact) mass is 275 g/mol. The molecule has 1 aliphatic heterocycles. The number of nitrogens with zero attached hydrogens (tertiary/aromatic N) is 2. The Bertz CT molecular complexity index is 528. The second-order valence-electron chi connectivity index (χ2n) is 4.57. The zero-order valence-corrected chi connectivity index (χ0v) is 11.5. The summed E-state index contributed by atoms with van der Waals surface area (Å²) in [5.41, 5.74) is 1.43. The molecule has 6 heteroatoms. The van der Waals surface area contributed by atoms with Gasteiger partial charge in [-0.2, -0.15) is 5.10 Å². The number of amides is 2. The van der Waals surface area contributed by atoms with Crippen LogP contribution in [-0.2, 0) is 9.53 Å². The lowest BCUT2D eigenvalue weighted by Gasteiger charge is -2.11. The van der Waals surface area contributed by atoms with E-state index in [0.29, 0.717) is 12.1 Å². The van der Waals surface area contributed by atoms with E-state index < -0.39 is 6.09 Å². The summed E-state index contributed by atoms with van der Waals surface area (Å²) in [6.45, 7) is 1.98. The van der Waals surface area contributed by atoms with Crippen molar-refractivity contribution in [2.24, 2.45) is 11.0 Å². The van der Waals surface area contributed by atoms with E-state index in [1.54, 1.807) is 26.1 Å². The van der Waals surface area contributed by atoms with Crippen LogP contribution in [0.25, 0.3) is 0 Å². The maximum atomic E-state index is 11.7. The predicted octanol–water partition coefficient (Wildman–Crippen LogP) is 2.09. The molecule has 0 fully saturated rings. The first kappa shape index (κ1) is 14.0. The van der Waals surface area contributed by atoms with E-state index in [2.05, 4.69) is 10.4 Å². The Labute approximate surface area is 117 Å². The minimum atomic E-state index is -0.524. The number of ether oxygens (including phenoxy) is 1. The van der Waals surface area contributed by atoms with Crippen molar-refractivity contribution in [1.29, 1.82) is 0 Å². The summed E-state index contributed by atoms with van der Waals surface area (Å²) in [6.07, 6.45) is -0.0784. The summed E-state index contributed by atoms with van der Waals surface area (Å²) in [7, 11) is 1.62. The average Bonchev–Trinajstić information content (AvgIpc) is 2.66. The van der Waals surface area contributed by atoms with Crippen molar-refractivity contribution in [3.63, 3.8) is 0 Å². The lowest BCUT2D eigenvalue weighted by Crippen LogP contribution is -2.26. The zero-order valence-electron chi connectivity index (χ0n) is 11.5. The molecular formula is C14H17N3O3. The number of nitrogens with one attached hydrogen (secondary N) is 1. The first-order valence-electron chi connectivity index (χ1n) is 6.39. The molecule has 1 heterocycles. The molecule has 0 unspecified atom stereocenters. The standard InChI is InChI=1S/C14H17N3O3/c1-10-12(13(18)17(2)16-10)8-9-20-14(19)15-11-6-4-3-5-7-11/h3-7,12H,8-9H2,1-2H3,(H,15,19)/t12-/m1/s1. The fraction of sp³-hybridized carbons (Fsp3) is 0.357. The van der Waals surface area contributed by atoms with Crippen LogP contribution in [0.15, 0.2) is 35.4 Å². The first-order chi connectivity index (χ1) is 9.58. The normalized spacial score (nSPS) is 17.9. The molecule has 20 heavy (non-hydrogen) atoms. The number of anilines is 1. The van der Waals surface area contributed by atoms with Gasteiger partial charge in [0.2, 0.25) is 0 Å². The van der Waals surface area contributed by atoms with Crippen LogP contribution in [0, 0.1) is 5.92 Å². The van der Waals surface area contributed by atoms with E-state index in [-0.39, 0.29) is 18.4 Å². The highest BCUT2D eigenvalue weighted by Gasteiger charge is 2.30. The van der Waals surface area contributed by atoms with Crippen LogP contribution in [0.2, 0.25) is 0 Å².